The molecule has 0 aliphatic carbocycles. The minimum atomic E-state index is -1.41. The molecule has 0 aliphatic heterocycles. The Labute approximate surface area is 111 Å². The number of rotatable bonds is 5. The van der Waals surface area contributed by atoms with E-state index in [-0.39, 0.29) is 6.42 Å². The molecule has 1 aromatic heterocycles. The van der Waals surface area contributed by atoms with E-state index < -0.39 is 29.5 Å². The van der Waals surface area contributed by atoms with Crippen molar-refractivity contribution in [3.8, 4) is 0 Å². The summed E-state index contributed by atoms with van der Waals surface area (Å²) in [6, 6.07) is 2.44. The lowest BCUT2D eigenvalue weighted by Gasteiger charge is -2.24. The van der Waals surface area contributed by atoms with E-state index in [0.717, 1.165) is 0 Å². The third-order valence-electron chi connectivity index (χ3n) is 2.37. The molecule has 0 aromatic carbocycles. The average Bonchev–Trinajstić information content (AvgIpc) is 2.66. The van der Waals surface area contributed by atoms with Gasteiger partial charge in [-0.3, -0.25) is 9.59 Å². The van der Waals surface area contributed by atoms with Crippen LogP contribution >= 0.6 is 0 Å². The zero-order chi connectivity index (χ0) is 14.6. The van der Waals surface area contributed by atoms with Gasteiger partial charge >= 0.3 is 11.9 Å². The summed E-state index contributed by atoms with van der Waals surface area (Å²) >= 11 is 0. The van der Waals surface area contributed by atoms with E-state index >= 15 is 0 Å². The molecule has 3 N–H and O–H groups in total. The Balaban J connectivity index is 2.76. The number of carbonyl (C=O) groups is 2. The van der Waals surface area contributed by atoms with Crippen LogP contribution in [0.25, 0.3) is 0 Å². The largest absolute Gasteiger partial charge is 0.481 e. The standard InChI is InChI=1S/C13H19NO5/c1-13(2,3)19-12(17)10(11(15)16)9(14)7-8-5-4-6-18-8/h4-6,9-10H,7,14H2,1-3H3,(H,15,16)/t9?,10-/m1/s1. The fraction of sp³-hybridized carbons (Fsp3) is 0.538. The molecule has 1 unspecified atom stereocenters. The zero-order valence-electron chi connectivity index (χ0n) is 11.3. The number of esters is 1. The number of carbonyl (C=O) groups excluding carboxylic acids is 1. The number of furan rings is 1. The van der Waals surface area contributed by atoms with Crippen LogP contribution in [0.15, 0.2) is 22.8 Å². The quantitative estimate of drug-likeness (QED) is 0.615. The Morgan fingerprint density at radius 3 is 2.53 bits per heavy atom. The molecule has 1 rings (SSSR count). The lowest BCUT2D eigenvalue weighted by atomic mass is 9.96. The summed E-state index contributed by atoms with van der Waals surface area (Å²) < 4.78 is 10.2. The van der Waals surface area contributed by atoms with E-state index in [2.05, 4.69) is 0 Å². The molecule has 106 valence electrons. The van der Waals surface area contributed by atoms with E-state index in [1.807, 2.05) is 0 Å². The molecule has 0 saturated carbocycles. The summed E-state index contributed by atoms with van der Waals surface area (Å²) in [7, 11) is 0. The summed E-state index contributed by atoms with van der Waals surface area (Å²) in [6.07, 6.45) is 1.62. The molecule has 19 heavy (non-hydrogen) atoms. The van der Waals surface area contributed by atoms with Gasteiger partial charge in [-0.15, -0.1) is 0 Å². The first-order valence-corrected chi connectivity index (χ1v) is 5.94. The Bertz CT molecular complexity index is 432. The van der Waals surface area contributed by atoms with Gasteiger partial charge in [-0.05, 0) is 32.9 Å². The summed E-state index contributed by atoms with van der Waals surface area (Å²) in [4.78, 5) is 23.0. The van der Waals surface area contributed by atoms with Crippen molar-refractivity contribution >= 4 is 11.9 Å². The fourth-order valence-corrected chi connectivity index (χ4v) is 1.60. The Morgan fingerprint density at radius 1 is 1.47 bits per heavy atom. The first kappa shape index (κ1) is 15.2. The predicted octanol–water partition coefficient (Wildman–Crippen LogP) is 1.19. The van der Waals surface area contributed by atoms with Gasteiger partial charge in [0.1, 0.15) is 11.4 Å². The van der Waals surface area contributed by atoms with E-state index in [4.69, 9.17) is 20.0 Å². The second-order valence-electron chi connectivity index (χ2n) is 5.30. The van der Waals surface area contributed by atoms with Crippen LogP contribution in [0.3, 0.4) is 0 Å². The smallest absolute Gasteiger partial charge is 0.322 e. The highest BCUT2D eigenvalue weighted by Crippen LogP contribution is 2.16. The molecule has 0 saturated heterocycles. The third kappa shape index (κ3) is 4.75. The van der Waals surface area contributed by atoms with E-state index in [1.54, 1.807) is 32.9 Å². The Kier molecular flexibility index (Phi) is 4.72. The van der Waals surface area contributed by atoms with E-state index in [1.165, 1.54) is 6.26 Å². The molecular formula is C13H19NO5. The van der Waals surface area contributed by atoms with Gasteiger partial charge in [0.25, 0.3) is 0 Å². The van der Waals surface area contributed by atoms with Gasteiger partial charge in [0.2, 0.25) is 0 Å². The topological polar surface area (TPSA) is 103 Å². The first-order valence-electron chi connectivity index (χ1n) is 5.94. The summed E-state index contributed by atoms with van der Waals surface area (Å²) in [5.41, 5.74) is 5.03. The molecule has 0 fully saturated rings. The van der Waals surface area contributed by atoms with Crippen molar-refractivity contribution in [2.45, 2.75) is 38.8 Å². The number of carboxylic acid groups (broad SMARTS) is 1. The van der Waals surface area contributed by atoms with Crippen LogP contribution in [0, 0.1) is 5.92 Å². The van der Waals surface area contributed by atoms with Crippen LogP contribution in [-0.2, 0) is 20.7 Å². The normalized spacial score (nSPS) is 14.7. The van der Waals surface area contributed by atoms with Crippen LogP contribution in [-0.4, -0.2) is 28.7 Å². The van der Waals surface area contributed by atoms with Gasteiger partial charge in [-0.1, -0.05) is 0 Å². The van der Waals surface area contributed by atoms with Crippen molar-refractivity contribution in [1.29, 1.82) is 0 Å². The molecule has 0 radical (unpaired) electrons. The number of hydrogen-bond acceptors (Lipinski definition) is 5. The molecule has 1 heterocycles. The number of nitrogens with two attached hydrogens (primary N) is 1. The van der Waals surface area contributed by atoms with Crippen molar-refractivity contribution in [2.75, 3.05) is 0 Å². The summed E-state index contributed by atoms with van der Waals surface area (Å²) in [6.45, 7) is 5.01. The molecule has 6 nitrogen and oxygen atoms in total. The molecule has 2 atom stereocenters. The molecular weight excluding hydrogens is 250 g/mol. The monoisotopic (exact) mass is 269 g/mol. The average molecular weight is 269 g/mol. The summed E-state index contributed by atoms with van der Waals surface area (Å²) in [5.74, 6) is -3.01. The van der Waals surface area contributed by atoms with Gasteiger partial charge in [-0.25, -0.2) is 0 Å². The van der Waals surface area contributed by atoms with Crippen LogP contribution in [0.1, 0.15) is 26.5 Å². The first-order chi connectivity index (χ1) is 8.70. The maximum absolute atomic E-state index is 11.9. The maximum atomic E-state index is 11.9. The second kappa shape index (κ2) is 5.88. The highest BCUT2D eigenvalue weighted by molar-refractivity contribution is 5.95. The predicted molar refractivity (Wildman–Crippen MR) is 67.4 cm³/mol. The van der Waals surface area contributed by atoms with Gasteiger partial charge in [-0.2, -0.15) is 0 Å². The van der Waals surface area contributed by atoms with E-state index in [0.29, 0.717) is 5.76 Å². The lowest BCUT2D eigenvalue weighted by Crippen LogP contribution is -2.45. The van der Waals surface area contributed by atoms with Crippen LogP contribution in [0.4, 0.5) is 0 Å². The molecule has 0 aliphatic rings. The zero-order valence-corrected chi connectivity index (χ0v) is 11.3. The fourth-order valence-electron chi connectivity index (χ4n) is 1.60. The van der Waals surface area contributed by atoms with Crippen LogP contribution in [0.2, 0.25) is 0 Å². The second-order valence-corrected chi connectivity index (χ2v) is 5.30. The highest BCUT2D eigenvalue weighted by Gasteiger charge is 2.36. The van der Waals surface area contributed by atoms with Crippen molar-refractivity contribution in [1.82, 2.24) is 0 Å². The molecule has 1 aromatic rings. The molecule has 0 amide bonds. The third-order valence-corrected chi connectivity index (χ3v) is 2.37. The van der Waals surface area contributed by atoms with Crippen molar-refractivity contribution in [3.05, 3.63) is 24.2 Å². The molecule has 0 bridgehead atoms. The van der Waals surface area contributed by atoms with Gasteiger partial charge < -0.3 is 20.0 Å². The minimum Gasteiger partial charge on any atom is -0.481 e. The Hall–Kier alpha value is -1.82. The number of hydrogen-bond donors (Lipinski definition) is 2. The number of carboxylic acids is 1. The van der Waals surface area contributed by atoms with Crippen molar-refractivity contribution < 1.29 is 23.8 Å². The minimum absolute atomic E-state index is 0.156. The van der Waals surface area contributed by atoms with Crippen molar-refractivity contribution in [3.63, 3.8) is 0 Å². The Morgan fingerprint density at radius 2 is 2.11 bits per heavy atom. The lowest BCUT2D eigenvalue weighted by molar-refractivity contribution is -0.167. The van der Waals surface area contributed by atoms with Crippen molar-refractivity contribution in [2.24, 2.45) is 11.7 Å². The molecule has 6 heteroatoms. The van der Waals surface area contributed by atoms with Gasteiger partial charge in [0.15, 0.2) is 5.92 Å². The van der Waals surface area contributed by atoms with Crippen LogP contribution < -0.4 is 5.73 Å². The number of ether oxygens (including phenoxy) is 1. The summed E-state index contributed by atoms with van der Waals surface area (Å²) in [5, 5.41) is 9.13. The van der Waals surface area contributed by atoms with Crippen LogP contribution in [0.5, 0.6) is 0 Å². The van der Waals surface area contributed by atoms with Gasteiger partial charge in [0, 0.05) is 12.5 Å². The van der Waals surface area contributed by atoms with Gasteiger partial charge in [0.05, 0.1) is 6.26 Å². The SMILES string of the molecule is CC(C)(C)OC(=O)[C@@H](C(=O)O)C(N)Cc1ccco1. The number of aliphatic carboxylic acids is 1. The highest BCUT2D eigenvalue weighted by atomic mass is 16.6. The van der Waals surface area contributed by atoms with E-state index in [9.17, 15) is 9.59 Å². The maximum Gasteiger partial charge on any atom is 0.322 e. The molecule has 0 spiro atoms.